The Kier molecular flexibility index (Phi) is 2.85. The maximum absolute atomic E-state index is 10.3. The van der Waals surface area contributed by atoms with Crippen molar-refractivity contribution in [2.75, 3.05) is 6.61 Å². The van der Waals surface area contributed by atoms with E-state index in [0.29, 0.717) is 5.92 Å². The highest BCUT2D eigenvalue weighted by atomic mass is 16.5. The summed E-state index contributed by atoms with van der Waals surface area (Å²) >= 11 is 0. The standard InChI is InChI=1S/C13H24O2/c1-4-15-13-6-10(2)5-11(8-13)7-12(3,14)9-13/h10-11,14H,4-9H2,1-3H3. The highest BCUT2D eigenvalue weighted by Crippen LogP contribution is 2.50. The van der Waals surface area contributed by atoms with Crippen LogP contribution in [0.25, 0.3) is 0 Å². The lowest BCUT2D eigenvalue weighted by Gasteiger charge is -2.52. The van der Waals surface area contributed by atoms with E-state index < -0.39 is 5.60 Å². The van der Waals surface area contributed by atoms with Crippen LogP contribution in [-0.2, 0) is 4.74 Å². The summed E-state index contributed by atoms with van der Waals surface area (Å²) < 4.78 is 5.99. The minimum Gasteiger partial charge on any atom is -0.390 e. The van der Waals surface area contributed by atoms with E-state index in [9.17, 15) is 5.11 Å². The van der Waals surface area contributed by atoms with Gasteiger partial charge in [-0.05, 0) is 51.4 Å². The Morgan fingerprint density at radius 2 is 2.07 bits per heavy atom. The van der Waals surface area contributed by atoms with E-state index in [1.807, 2.05) is 6.92 Å². The number of hydrogen-bond acceptors (Lipinski definition) is 2. The van der Waals surface area contributed by atoms with E-state index in [-0.39, 0.29) is 5.60 Å². The van der Waals surface area contributed by atoms with Gasteiger partial charge in [-0.1, -0.05) is 6.92 Å². The van der Waals surface area contributed by atoms with Gasteiger partial charge in [0.1, 0.15) is 0 Å². The molecule has 0 aromatic heterocycles. The average Bonchev–Trinajstić information content (AvgIpc) is 1.97. The van der Waals surface area contributed by atoms with E-state index in [1.165, 1.54) is 12.8 Å². The molecule has 2 bridgehead atoms. The van der Waals surface area contributed by atoms with E-state index in [4.69, 9.17) is 4.74 Å². The second kappa shape index (κ2) is 3.74. The van der Waals surface area contributed by atoms with E-state index in [1.54, 1.807) is 0 Å². The smallest absolute Gasteiger partial charge is 0.0714 e. The molecule has 2 heteroatoms. The molecule has 4 unspecified atom stereocenters. The zero-order chi connectivity index (χ0) is 11.1. The maximum Gasteiger partial charge on any atom is 0.0714 e. The van der Waals surface area contributed by atoms with Gasteiger partial charge >= 0.3 is 0 Å². The van der Waals surface area contributed by atoms with Crippen molar-refractivity contribution < 1.29 is 9.84 Å². The summed E-state index contributed by atoms with van der Waals surface area (Å²) in [6.45, 7) is 7.13. The third-order valence-corrected chi connectivity index (χ3v) is 4.00. The molecule has 4 atom stereocenters. The molecule has 0 aromatic rings. The fourth-order valence-corrected chi connectivity index (χ4v) is 4.14. The van der Waals surface area contributed by atoms with Gasteiger partial charge < -0.3 is 9.84 Å². The summed E-state index contributed by atoms with van der Waals surface area (Å²) in [5.41, 5.74) is -0.517. The van der Waals surface area contributed by atoms with Gasteiger partial charge in [-0.25, -0.2) is 0 Å². The highest BCUT2D eigenvalue weighted by molar-refractivity contribution is 5.01. The topological polar surface area (TPSA) is 29.5 Å². The SMILES string of the molecule is CCOC12CC(C)CC(CC(C)(O)C1)C2. The predicted octanol–water partition coefficient (Wildman–Crippen LogP) is 2.74. The second-order valence-corrected chi connectivity index (χ2v) is 6.11. The molecule has 2 fully saturated rings. The molecule has 1 N–H and O–H groups in total. The van der Waals surface area contributed by atoms with Crippen LogP contribution in [0.4, 0.5) is 0 Å². The van der Waals surface area contributed by atoms with Gasteiger partial charge in [0.2, 0.25) is 0 Å². The minimum absolute atomic E-state index is 0.0150. The molecule has 0 saturated heterocycles. The fraction of sp³-hybridized carbons (Fsp3) is 1.00. The van der Waals surface area contributed by atoms with Gasteiger partial charge in [-0.3, -0.25) is 0 Å². The van der Waals surface area contributed by atoms with Crippen LogP contribution in [0.15, 0.2) is 0 Å². The van der Waals surface area contributed by atoms with Crippen molar-refractivity contribution in [2.24, 2.45) is 11.8 Å². The summed E-state index contributed by atoms with van der Waals surface area (Å²) in [5, 5.41) is 10.3. The van der Waals surface area contributed by atoms with Crippen LogP contribution in [0.1, 0.15) is 52.9 Å². The third kappa shape index (κ3) is 2.36. The first-order valence-corrected chi connectivity index (χ1v) is 6.31. The largest absolute Gasteiger partial charge is 0.390 e. The summed E-state index contributed by atoms with van der Waals surface area (Å²) in [6.07, 6.45) is 5.36. The van der Waals surface area contributed by atoms with Crippen LogP contribution in [0.2, 0.25) is 0 Å². The number of hydrogen-bond donors (Lipinski definition) is 1. The summed E-state index contributed by atoms with van der Waals surface area (Å²) in [5.74, 6) is 1.43. The first kappa shape index (κ1) is 11.4. The minimum atomic E-state index is -0.502. The van der Waals surface area contributed by atoms with Crippen molar-refractivity contribution in [1.82, 2.24) is 0 Å². The van der Waals surface area contributed by atoms with Gasteiger partial charge in [0.15, 0.2) is 0 Å². The monoisotopic (exact) mass is 212 g/mol. The van der Waals surface area contributed by atoms with Gasteiger partial charge in [0.25, 0.3) is 0 Å². The zero-order valence-electron chi connectivity index (χ0n) is 10.3. The Bertz CT molecular complexity index is 233. The Morgan fingerprint density at radius 3 is 2.73 bits per heavy atom. The third-order valence-electron chi connectivity index (χ3n) is 4.00. The lowest BCUT2D eigenvalue weighted by Crippen LogP contribution is -2.52. The van der Waals surface area contributed by atoms with Gasteiger partial charge in [0.05, 0.1) is 11.2 Å². The van der Waals surface area contributed by atoms with Crippen molar-refractivity contribution >= 4 is 0 Å². The van der Waals surface area contributed by atoms with Crippen LogP contribution in [0.5, 0.6) is 0 Å². The normalized spacial score (nSPS) is 50.4. The molecule has 2 aliphatic rings. The summed E-state index contributed by atoms with van der Waals surface area (Å²) in [4.78, 5) is 0. The Balaban J connectivity index is 2.17. The predicted molar refractivity (Wildman–Crippen MR) is 60.7 cm³/mol. The fourth-order valence-electron chi connectivity index (χ4n) is 4.14. The quantitative estimate of drug-likeness (QED) is 0.762. The van der Waals surface area contributed by atoms with E-state index >= 15 is 0 Å². The van der Waals surface area contributed by atoms with E-state index in [0.717, 1.165) is 31.8 Å². The Hall–Kier alpha value is -0.0800. The zero-order valence-corrected chi connectivity index (χ0v) is 10.3. The van der Waals surface area contributed by atoms with Crippen LogP contribution in [0.3, 0.4) is 0 Å². The first-order valence-electron chi connectivity index (χ1n) is 6.31. The Morgan fingerprint density at radius 1 is 1.33 bits per heavy atom. The van der Waals surface area contributed by atoms with Crippen molar-refractivity contribution in [3.63, 3.8) is 0 Å². The molecule has 0 aromatic carbocycles. The molecule has 2 saturated carbocycles. The van der Waals surface area contributed by atoms with Gasteiger partial charge in [-0.2, -0.15) is 0 Å². The van der Waals surface area contributed by atoms with Gasteiger partial charge in [-0.15, -0.1) is 0 Å². The van der Waals surface area contributed by atoms with Crippen LogP contribution < -0.4 is 0 Å². The van der Waals surface area contributed by atoms with Crippen molar-refractivity contribution in [2.45, 2.75) is 64.1 Å². The highest BCUT2D eigenvalue weighted by Gasteiger charge is 2.49. The summed E-state index contributed by atoms with van der Waals surface area (Å²) in [7, 11) is 0. The van der Waals surface area contributed by atoms with Gasteiger partial charge in [0, 0.05) is 13.0 Å². The Labute approximate surface area is 93.0 Å². The molecule has 15 heavy (non-hydrogen) atoms. The molecule has 0 spiro atoms. The molecule has 2 aliphatic carbocycles. The lowest BCUT2D eigenvalue weighted by atomic mass is 9.61. The van der Waals surface area contributed by atoms with E-state index in [2.05, 4.69) is 13.8 Å². The number of ether oxygens (including phenoxy) is 1. The number of fused-ring (bicyclic) bond motifs is 2. The number of rotatable bonds is 2. The molecule has 0 aliphatic heterocycles. The maximum atomic E-state index is 10.3. The molecular weight excluding hydrogens is 188 g/mol. The number of aliphatic hydroxyl groups is 1. The van der Waals surface area contributed by atoms with Crippen LogP contribution in [-0.4, -0.2) is 22.9 Å². The molecule has 88 valence electrons. The molecule has 0 radical (unpaired) electrons. The average molecular weight is 212 g/mol. The molecular formula is C13H24O2. The van der Waals surface area contributed by atoms with Crippen molar-refractivity contribution in [1.29, 1.82) is 0 Å². The van der Waals surface area contributed by atoms with Crippen LogP contribution in [0, 0.1) is 11.8 Å². The molecule has 0 amide bonds. The van der Waals surface area contributed by atoms with Crippen molar-refractivity contribution in [3.05, 3.63) is 0 Å². The summed E-state index contributed by atoms with van der Waals surface area (Å²) in [6, 6.07) is 0. The second-order valence-electron chi connectivity index (χ2n) is 6.11. The molecule has 0 heterocycles. The van der Waals surface area contributed by atoms with Crippen molar-refractivity contribution in [3.8, 4) is 0 Å². The first-order chi connectivity index (χ1) is 6.95. The molecule has 2 nitrogen and oxygen atoms in total. The van der Waals surface area contributed by atoms with Crippen LogP contribution >= 0.6 is 0 Å². The molecule has 2 rings (SSSR count). The lowest BCUT2D eigenvalue weighted by molar-refractivity contribution is -0.169.